The van der Waals surface area contributed by atoms with E-state index < -0.39 is 11.6 Å². The first-order valence-electron chi connectivity index (χ1n) is 4.97. The van der Waals surface area contributed by atoms with Gasteiger partial charge in [-0.05, 0) is 18.9 Å². The first-order valence-corrected chi connectivity index (χ1v) is 4.97. The Kier molecular flexibility index (Phi) is 2.12. The molecule has 4 heteroatoms. The van der Waals surface area contributed by atoms with Crippen LogP contribution in [0.5, 0.6) is 0 Å². The van der Waals surface area contributed by atoms with Gasteiger partial charge in [-0.15, -0.1) is 0 Å². The second-order valence-corrected chi connectivity index (χ2v) is 4.29. The number of furan rings is 1. The maximum absolute atomic E-state index is 10.7. The Bertz CT molecular complexity index is 407. The predicted octanol–water partition coefficient (Wildman–Crippen LogP) is 1.44. The molecule has 0 saturated carbocycles. The molecule has 1 aliphatic rings. The number of rotatable bonds is 2. The van der Waals surface area contributed by atoms with Crippen molar-refractivity contribution in [3.05, 3.63) is 23.2 Å². The van der Waals surface area contributed by atoms with Crippen molar-refractivity contribution in [2.45, 2.75) is 32.3 Å². The number of fused-ring (bicyclic) bond motifs is 1. The molecular weight excluding hydrogens is 196 g/mol. The standard InChI is InChI=1S/C11H14O4/c1-6-3-9-8(4-7(2)15-9)11(6,14)5-10(12)13/h4,6,14H,3,5H2,1-2H3,(H,12,13). The monoisotopic (exact) mass is 210 g/mol. The molecule has 1 aromatic heterocycles. The summed E-state index contributed by atoms with van der Waals surface area (Å²) in [6.07, 6.45) is 0.340. The molecule has 0 fully saturated rings. The summed E-state index contributed by atoms with van der Waals surface area (Å²) in [6, 6.07) is 1.74. The highest BCUT2D eigenvalue weighted by molar-refractivity contribution is 5.69. The molecule has 2 atom stereocenters. The zero-order valence-electron chi connectivity index (χ0n) is 8.78. The van der Waals surface area contributed by atoms with Crippen LogP contribution in [0.25, 0.3) is 0 Å². The molecule has 0 spiro atoms. The Morgan fingerprint density at radius 1 is 1.73 bits per heavy atom. The van der Waals surface area contributed by atoms with Crippen molar-refractivity contribution in [1.82, 2.24) is 0 Å². The molecule has 82 valence electrons. The van der Waals surface area contributed by atoms with Crippen LogP contribution in [0.3, 0.4) is 0 Å². The number of carboxylic acids is 1. The Balaban J connectivity index is 2.42. The van der Waals surface area contributed by atoms with Crippen LogP contribution in [0.1, 0.15) is 30.4 Å². The molecule has 1 heterocycles. The molecule has 1 aliphatic carbocycles. The smallest absolute Gasteiger partial charge is 0.306 e. The number of hydrogen-bond donors (Lipinski definition) is 2. The maximum Gasteiger partial charge on any atom is 0.306 e. The second-order valence-electron chi connectivity index (χ2n) is 4.29. The van der Waals surface area contributed by atoms with Gasteiger partial charge >= 0.3 is 5.97 Å². The van der Waals surface area contributed by atoms with Crippen LogP contribution in [0.4, 0.5) is 0 Å². The zero-order valence-corrected chi connectivity index (χ0v) is 8.78. The van der Waals surface area contributed by atoms with E-state index in [0.717, 1.165) is 11.5 Å². The molecule has 4 nitrogen and oxygen atoms in total. The van der Waals surface area contributed by atoms with Gasteiger partial charge in [0.2, 0.25) is 0 Å². The van der Waals surface area contributed by atoms with Crippen LogP contribution >= 0.6 is 0 Å². The van der Waals surface area contributed by atoms with E-state index in [2.05, 4.69) is 0 Å². The Hall–Kier alpha value is -1.29. The SMILES string of the molecule is Cc1cc2c(o1)CC(C)C2(O)CC(=O)O. The van der Waals surface area contributed by atoms with E-state index in [1.807, 2.05) is 6.92 Å². The third-order valence-corrected chi connectivity index (χ3v) is 3.13. The lowest BCUT2D eigenvalue weighted by Crippen LogP contribution is -2.32. The third-order valence-electron chi connectivity index (χ3n) is 3.13. The topological polar surface area (TPSA) is 70.7 Å². The minimum absolute atomic E-state index is 0.108. The van der Waals surface area contributed by atoms with Gasteiger partial charge in [0.1, 0.15) is 17.1 Å². The summed E-state index contributed by atoms with van der Waals surface area (Å²) in [5, 5.41) is 19.2. The van der Waals surface area contributed by atoms with Gasteiger partial charge in [-0.25, -0.2) is 0 Å². The summed E-state index contributed by atoms with van der Waals surface area (Å²) in [6.45, 7) is 3.64. The molecule has 2 unspecified atom stereocenters. The lowest BCUT2D eigenvalue weighted by Gasteiger charge is -2.26. The van der Waals surface area contributed by atoms with E-state index in [1.54, 1.807) is 13.0 Å². The summed E-state index contributed by atoms with van der Waals surface area (Å²) in [7, 11) is 0. The number of carbonyl (C=O) groups is 1. The van der Waals surface area contributed by atoms with Crippen LogP contribution in [0.2, 0.25) is 0 Å². The molecular formula is C11H14O4. The number of aliphatic carboxylic acids is 1. The summed E-state index contributed by atoms with van der Waals surface area (Å²) < 4.78 is 5.42. The minimum Gasteiger partial charge on any atom is -0.481 e. The van der Waals surface area contributed by atoms with Gasteiger partial charge in [-0.1, -0.05) is 6.92 Å². The fourth-order valence-electron chi connectivity index (χ4n) is 2.29. The van der Waals surface area contributed by atoms with Crippen LogP contribution in [-0.2, 0) is 16.8 Å². The molecule has 0 aliphatic heterocycles. The van der Waals surface area contributed by atoms with E-state index >= 15 is 0 Å². The fraction of sp³-hybridized carbons (Fsp3) is 0.545. The van der Waals surface area contributed by atoms with E-state index in [0.29, 0.717) is 12.0 Å². The van der Waals surface area contributed by atoms with E-state index in [1.165, 1.54) is 0 Å². The van der Waals surface area contributed by atoms with E-state index in [4.69, 9.17) is 9.52 Å². The summed E-state index contributed by atoms with van der Waals surface area (Å²) in [5.41, 5.74) is -0.617. The van der Waals surface area contributed by atoms with Crippen molar-refractivity contribution in [3.63, 3.8) is 0 Å². The molecule has 0 aromatic carbocycles. The van der Waals surface area contributed by atoms with Crippen molar-refractivity contribution in [2.75, 3.05) is 0 Å². The normalized spacial score (nSPS) is 29.1. The average molecular weight is 210 g/mol. The van der Waals surface area contributed by atoms with Gasteiger partial charge < -0.3 is 14.6 Å². The third kappa shape index (κ3) is 1.45. The van der Waals surface area contributed by atoms with Crippen LogP contribution in [-0.4, -0.2) is 16.2 Å². The van der Waals surface area contributed by atoms with Gasteiger partial charge in [-0.3, -0.25) is 4.79 Å². The highest BCUT2D eigenvalue weighted by atomic mass is 16.4. The average Bonchev–Trinajstić information content (AvgIpc) is 2.53. The quantitative estimate of drug-likeness (QED) is 0.774. The Morgan fingerprint density at radius 3 is 3.00 bits per heavy atom. The van der Waals surface area contributed by atoms with Crippen molar-refractivity contribution < 1.29 is 19.4 Å². The largest absolute Gasteiger partial charge is 0.481 e. The zero-order chi connectivity index (χ0) is 11.2. The first kappa shape index (κ1) is 10.2. The molecule has 15 heavy (non-hydrogen) atoms. The number of hydrogen-bond acceptors (Lipinski definition) is 3. The van der Waals surface area contributed by atoms with Crippen LogP contribution in [0, 0.1) is 12.8 Å². The minimum atomic E-state index is -1.26. The van der Waals surface area contributed by atoms with Crippen molar-refractivity contribution in [1.29, 1.82) is 0 Å². The van der Waals surface area contributed by atoms with Crippen molar-refractivity contribution >= 4 is 5.97 Å². The number of aliphatic hydroxyl groups is 1. The van der Waals surface area contributed by atoms with Gasteiger partial charge in [0.15, 0.2) is 0 Å². The number of aryl methyl sites for hydroxylation is 1. The summed E-state index contributed by atoms with van der Waals surface area (Å²) in [4.78, 5) is 10.7. The van der Waals surface area contributed by atoms with Crippen LogP contribution < -0.4 is 0 Å². The maximum atomic E-state index is 10.7. The highest BCUT2D eigenvalue weighted by Crippen LogP contribution is 2.44. The predicted molar refractivity (Wildman–Crippen MR) is 52.5 cm³/mol. The van der Waals surface area contributed by atoms with Gasteiger partial charge in [0.25, 0.3) is 0 Å². The Labute approximate surface area is 87.5 Å². The van der Waals surface area contributed by atoms with Crippen molar-refractivity contribution in [3.8, 4) is 0 Å². The van der Waals surface area contributed by atoms with E-state index in [9.17, 15) is 9.90 Å². The van der Waals surface area contributed by atoms with E-state index in [-0.39, 0.29) is 12.3 Å². The molecule has 1 aromatic rings. The second kappa shape index (κ2) is 3.10. The van der Waals surface area contributed by atoms with Gasteiger partial charge in [-0.2, -0.15) is 0 Å². The first-order chi connectivity index (χ1) is 6.93. The highest BCUT2D eigenvalue weighted by Gasteiger charge is 2.46. The Morgan fingerprint density at radius 2 is 2.40 bits per heavy atom. The molecule has 0 radical (unpaired) electrons. The lowest BCUT2D eigenvalue weighted by atomic mass is 9.86. The fourth-order valence-corrected chi connectivity index (χ4v) is 2.29. The van der Waals surface area contributed by atoms with Crippen molar-refractivity contribution in [2.24, 2.45) is 5.92 Å². The number of carboxylic acid groups (broad SMARTS) is 1. The van der Waals surface area contributed by atoms with Gasteiger partial charge in [0.05, 0.1) is 6.42 Å². The molecule has 2 N–H and O–H groups in total. The molecule has 0 saturated heterocycles. The van der Waals surface area contributed by atoms with Gasteiger partial charge in [0, 0.05) is 12.0 Å². The lowest BCUT2D eigenvalue weighted by molar-refractivity contribution is -0.144. The molecule has 0 bridgehead atoms. The summed E-state index contributed by atoms with van der Waals surface area (Å²) in [5.74, 6) is 0.346. The molecule has 2 rings (SSSR count). The summed E-state index contributed by atoms with van der Waals surface area (Å²) >= 11 is 0. The molecule has 0 amide bonds. The van der Waals surface area contributed by atoms with Crippen LogP contribution in [0.15, 0.2) is 10.5 Å².